The molecule has 0 aliphatic rings. The molecule has 4 heterocycles. The van der Waals surface area contributed by atoms with Crippen molar-refractivity contribution >= 4 is 65.7 Å². The summed E-state index contributed by atoms with van der Waals surface area (Å²) < 4.78 is 152. The maximum absolute atomic E-state index is 9.95. The molecule has 0 aliphatic heterocycles. The smallest absolute Gasteiger partial charge is 0.238 e. The number of para-hydroxylation sites is 1. The van der Waals surface area contributed by atoms with Gasteiger partial charge < -0.3 is 8.83 Å². The van der Waals surface area contributed by atoms with E-state index >= 15 is 0 Å². The largest absolute Gasteiger partial charge is 0.456 e. The molecule has 6 heteroatoms. The first-order valence-electron chi connectivity index (χ1n) is 25.3. The number of aromatic nitrogens is 4. The maximum Gasteiger partial charge on any atom is 0.238 e. The Bertz CT molecular complexity index is 4390. The van der Waals surface area contributed by atoms with Crippen molar-refractivity contribution in [3.8, 4) is 51.0 Å². The predicted molar refractivity (Wildman–Crippen MR) is 230 cm³/mol. The molecule has 57 heavy (non-hydrogen) atoms. The Morgan fingerprint density at radius 1 is 0.404 bits per heavy atom. The molecule has 0 atom stereocenters. The van der Waals surface area contributed by atoms with E-state index in [1.165, 1.54) is 0 Å². The molecule has 0 N–H and O–H groups in total. The molecule has 6 nitrogen and oxygen atoms in total. The van der Waals surface area contributed by atoms with E-state index in [0.717, 1.165) is 4.57 Å². The van der Waals surface area contributed by atoms with E-state index in [0.29, 0.717) is 16.7 Å². The molecule has 0 amide bonds. The number of hydrogen-bond donors (Lipinski definition) is 0. The van der Waals surface area contributed by atoms with Gasteiger partial charge in [-0.25, -0.2) is 4.98 Å². The van der Waals surface area contributed by atoms with Crippen LogP contribution in [0.3, 0.4) is 0 Å². The van der Waals surface area contributed by atoms with Crippen LogP contribution in [0.1, 0.15) is 20.6 Å². The van der Waals surface area contributed by atoms with Crippen molar-refractivity contribution in [3.63, 3.8) is 0 Å². The maximum atomic E-state index is 9.95. The minimum atomic E-state index is -0.667. The molecule has 0 unspecified atom stereocenters. The Labute approximate surface area is 347 Å². The summed E-state index contributed by atoms with van der Waals surface area (Å²) in [5.41, 5.74) is -0.0712. The monoisotopic (exact) mass is 745 g/mol. The first kappa shape index (κ1) is 20.2. The van der Waals surface area contributed by atoms with Crippen molar-refractivity contribution < 1.29 is 29.4 Å². The van der Waals surface area contributed by atoms with Crippen LogP contribution >= 0.6 is 0 Å². The van der Waals surface area contributed by atoms with E-state index < -0.39 is 78.5 Å². The van der Waals surface area contributed by atoms with Crippen molar-refractivity contribution in [1.82, 2.24) is 19.5 Å². The minimum Gasteiger partial charge on any atom is -0.456 e. The highest BCUT2D eigenvalue weighted by Gasteiger charge is 2.22. The number of benzene rings is 8. The number of hydrogen-bond acceptors (Lipinski definition) is 5. The lowest BCUT2D eigenvalue weighted by atomic mass is 9.99. The van der Waals surface area contributed by atoms with Crippen LogP contribution in [0.2, 0.25) is 0 Å². The van der Waals surface area contributed by atoms with Crippen molar-refractivity contribution in [2.45, 2.75) is 0 Å². The van der Waals surface area contributed by atoms with Gasteiger partial charge in [0.15, 0.2) is 11.6 Å². The molecule has 0 spiro atoms. The van der Waals surface area contributed by atoms with E-state index in [9.17, 15) is 9.60 Å². The second-order valence-corrected chi connectivity index (χ2v) is 13.2. The van der Waals surface area contributed by atoms with Gasteiger partial charge in [0.05, 0.1) is 31.6 Å². The van der Waals surface area contributed by atoms with Crippen LogP contribution in [-0.2, 0) is 0 Å². The highest BCUT2D eigenvalue weighted by molar-refractivity contribution is 6.20. The minimum absolute atomic E-state index is 0.0442. The summed E-state index contributed by atoms with van der Waals surface area (Å²) in [6, 6.07) is 18.3. The molecule has 0 radical (unpaired) electrons. The fraction of sp³-hybridized carbons (Fsp3) is 0. The molecule has 12 rings (SSSR count). The zero-order chi connectivity index (χ0) is 50.5. The van der Waals surface area contributed by atoms with Crippen LogP contribution in [-0.4, -0.2) is 19.5 Å². The van der Waals surface area contributed by atoms with E-state index in [1.54, 1.807) is 91.0 Å². The first-order valence-corrected chi connectivity index (χ1v) is 17.8. The van der Waals surface area contributed by atoms with Gasteiger partial charge in [-0.1, -0.05) is 139 Å². The predicted octanol–water partition coefficient (Wildman–Crippen LogP) is 13.4. The summed E-state index contributed by atoms with van der Waals surface area (Å²) in [5, 5.41) is -0.279. The Kier molecular flexibility index (Phi) is 4.37. The second kappa shape index (κ2) is 12.3. The first-order chi connectivity index (χ1) is 34.5. The Balaban J connectivity index is 1.23. The van der Waals surface area contributed by atoms with E-state index in [2.05, 4.69) is 0 Å². The van der Waals surface area contributed by atoms with Crippen LogP contribution in [0.5, 0.6) is 0 Å². The third kappa shape index (κ3) is 4.94. The zero-order valence-electron chi connectivity index (χ0n) is 44.3. The molecule has 8 aromatic carbocycles. The molecular formula is C51H30N4O2. The zero-order valence-corrected chi connectivity index (χ0v) is 29.3. The van der Waals surface area contributed by atoms with Gasteiger partial charge in [-0.05, 0) is 58.5 Å². The summed E-state index contributed by atoms with van der Waals surface area (Å²) in [7, 11) is 0. The molecule has 266 valence electrons. The third-order valence-corrected chi connectivity index (χ3v) is 9.88. The van der Waals surface area contributed by atoms with Crippen molar-refractivity contribution in [2.75, 3.05) is 0 Å². The normalized spacial score (nSPS) is 15.5. The lowest BCUT2D eigenvalue weighted by Crippen LogP contribution is -2.06. The number of furan rings is 2. The summed E-state index contributed by atoms with van der Waals surface area (Å²) in [5.74, 6) is -0.844. The fourth-order valence-electron chi connectivity index (χ4n) is 7.34. The van der Waals surface area contributed by atoms with Gasteiger partial charge in [-0.15, -0.1) is 0 Å². The molecule has 4 aromatic heterocycles. The summed E-state index contributed by atoms with van der Waals surface area (Å²) >= 11 is 0. The highest BCUT2D eigenvalue weighted by Crippen LogP contribution is 2.42. The topological polar surface area (TPSA) is 69.9 Å². The summed E-state index contributed by atoms with van der Waals surface area (Å²) in [6.07, 6.45) is 0. The summed E-state index contributed by atoms with van der Waals surface area (Å²) in [4.78, 5) is 14.3. The second-order valence-electron chi connectivity index (χ2n) is 13.2. The highest BCUT2D eigenvalue weighted by atomic mass is 16.3. The average molecular weight is 746 g/mol. The van der Waals surface area contributed by atoms with Crippen LogP contribution in [0, 0.1) is 0 Å². The quantitative estimate of drug-likeness (QED) is 0.175. The Morgan fingerprint density at radius 3 is 1.65 bits per heavy atom. The molecule has 0 bridgehead atoms. The molecule has 0 aliphatic carbocycles. The third-order valence-electron chi connectivity index (χ3n) is 9.88. The van der Waals surface area contributed by atoms with Gasteiger partial charge in [0.2, 0.25) is 5.95 Å². The molecule has 0 saturated heterocycles. The van der Waals surface area contributed by atoms with Gasteiger partial charge in [0.25, 0.3) is 0 Å². The van der Waals surface area contributed by atoms with Gasteiger partial charge in [-0.2, -0.15) is 9.97 Å². The van der Waals surface area contributed by atoms with Crippen LogP contribution in [0.25, 0.3) is 117 Å². The van der Waals surface area contributed by atoms with E-state index in [4.69, 9.17) is 34.8 Å². The molecule has 0 saturated carbocycles. The van der Waals surface area contributed by atoms with E-state index in [-0.39, 0.29) is 112 Å². The van der Waals surface area contributed by atoms with Crippen molar-refractivity contribution in [2.24, 2.45) is 0 Å². The number of rotatable bonds is 5. The lowest BCUT2D eigenvalue weighted by Gasteiger charge is -2.11. The van der Waals surface area contributed by atoms with Crippen molar-refractivity contribution in [1.29, 1.82) is 0 Å². The van der Waals surface area contributed by atoms with E-state index in [1.807, 2.05) is 0 Å². The molecule has 12 aromatic rings. The standard InChI is InChI=1S/C51H30N4O2/c1-4-14-31(15-5-1)35-21-12-24-43-47(35)38-27-26-34(28-45(38)56-43)50-52-49(33-18-8-3-9-19-33)53-51(54-50)55-41-23-11-10-20-37(41)39-29-40-46(30-42(39)55)57-44-25-13-22-36(48(40)44)32-16-6-2-7-17-32/h1-30H/i10D,11D,12D,13D,20D,21D,22D,23D,24D,25D,26D,27D,28D,29D,30D. The van der Waals surface area contributed by atoms with Crippen molar-refractivity contribution in [3.05, 3.63) is 182 Å². The molecular weight excluding hydrogens is 701 g/mol. The van der Waals surface area contributed by atoms with Crippen LogP contribution in [0.15, 0.2) is 190 Å². The van der Waals surface area contributed by atoms with Crippen LogP contribution in [0.4, 0.5) is 0 Å². The molecule has 0 fully saturated rings. The Morgan fingerprint density at radius 2 is 0.982 bits per heavy atom. The fourth-order valence-corrected chi connectivity index (χ4v) is 7.34. The van der Waals surface area contributed by atoms with Crippen LogP contribution < -0.4 is 0 Å². The average Bonchev–Trinajstić information content (AvgIpc) is 4.11. The number of fused-ring (bicyclic) bond motifs is 9. The van der Waals surface area contributed by atoms with Gasteiger partial charge in [0, 0.05) is 49.5 Å². The van der Waals surface area contributed by atoms with Gasteiger partial charge >= 0.3 is 0 Å². The van der Waals surface area contributed by atoms with Gasteiger partial charge in [-0.3, -0.25) is 4.57 Å². The summed E-state index contributed by atoms with van der Waals surface area (Å²) in [6.45, 7) is 0. The lowest BCUT2D eigenvalue weighted by molar-refractivity contribution is 0.668. The SMILES string of the molecule is [2H]c1c([2H])c(-c2ccccc2)c2c(oc3c([2H])c(-c4nc(-c5ccccc5)nc(-n5c6c([2H])c([2H])c([2H])c([2H])c6c6c([2H])c7c(oc8c([2H])c([2H])c([2H])c(-c9ccccc9)c87)c([2H])c65)n4)c([2H])c([2H])c32)c1[2H]. The Hall–Kier alpha value is -7.83. The number of nitrogens with zero attached hydrogens (tertiary/aromatic N) is 4. The van der Waals surface area contributed by atoms with Gasteiger partial charge in [0.1, 0.15) is 22.3 Å².